The SMILES string of the molecule is COC(=O)C(C)(F)c1ccc(OC)cc1. The molecule has 0 N–H and O–H groups in total. The topological polar surface area (TPSA) is 35.5 Å². The van der Waals surface area contributed by atoms with Crippen LogP contribution in [0, 0.1) is 0 Å². The molecule has 1 aromatic rings. The quantitative estimate of drug-likeness (QED) is 0.719. The molecule has 0 bridgehead atoms. The molecule has 0 aliphatic heterocycles. The van der Waals surface area contributed by atoms with Gasteiger partial charge in [0.1, 0.15) is 5.75 Å². The fraction of sp³-hybridized carbons (Fsp3) is 0.364. The summed E-state index contributed by atoms with van der Waals surface area (Å²) in [5.41, 5.74) is -1.88. The summed E-state index contributed by atoms with van der Waals surface area (Å²) in [6, 6.07) is 6.18. The van der Waals surface area contributed by atoms with E-state index in [0.29, 0.717) is 5.75 Å². The summed E-state index contributed by atoms with van der Waals surface area (Å²) in [5.74, 6) is -0.299. The molecule has 1 atom stereocenters. The van der Waals surface area contributed by atoms with E-state index in [4.69, 9.17) is 4.74 Å². The molecule has 1 aromatic carbocycles. The van der Waals surface area contributed by atoms with Gasteiger partial charge >= 0.3 is 5.97 Å². The van der Waals surface area contributed by atoms with E-state index in [-0.39, 0.29) is 5.56 Å². The summed E-state index contributed by atoms with van der Waals surface area (Å²) in [6.07, 6.45) is 0. The minimum absolute atomic E-state index is 0.246. The lowest BCUT2D eigenvalue weighted by Gasteiger charge is -2.17. The van der Waals surface area contributed by atoms with Crippen LogP contribution in [0.2, 0.25) is 0 Å². The molecule has 0 heterocycles. The summed E-state index contributed by atoms with van der Waals surface area (Å²) >= 11 is 0. The monoisotopic (exact) mass is 212 g/mol. The second-order valence-electron chi connectivity index (χ2n) is 3.22. The van der Waals surface area contributed by atoms with Gasteiger partial charge < -0.3 is 9.47 Å². The van der Waals surface area contributed by atoms with Gasteiger partial charge in [-0.15, -0.1) is 0 Å². The molecule has 0 saturated heterocycles. The van der Waals surface area contributed by atoms with Gasteiger partial charge in [0.2, 0.25) is 5.67 Å². The maximum Gasteiger partial charge on any atom is 0.348 e. The molecule has 4 heteroatoms. The number of carbonyl (C=O) groups excluding carboxylic acids is 1. The van der Waals surface area contributed by atoms with Gasteiger partial charge in [-0.25, -0.2) is 9.18 Å². The molecule has 0 aliphatic rings. The Labute approximate surface area is 87.8 Å². The summed E-state index contributed by atoms with van der Waals surface area (Å²) in [6.45, 7) is 1.17. The summed E-state index contributed by atoms with van der Waals surface area (Å²) in [5, 5.41) is 0. The minimum atomic E-state index is -2.12. The first-order valence-electron chi connectivity index (χ1n) is 4.44. The van der Waals surface area contributed by atoms with Crippen molar-refractivity contribution in [2.75, 3.05) is 14.2 Å². The van der Waals surface area contributed by atoms with E-state index < -0.39 is 11.6 Å². The average molecular weight is 212 g/mol. The first kappa shape index (κ1) is 11.5. The number of ether oxygens (including phenoxy) is 2. The van der Waals surface area contributed by atoms with Crippen LogP contribution in [0.3, 0.4) is 0 Å². The van der Waals surface area contributed by atoms with E-state index in [1.54, 1.807) is 12.1 Å². The Kier molecular flexibility index (Phi) is 3.29. The lowest BCUT2D eigenvalue weighted by Crippen LogP contribution is -2.28. The van der Waals surface area contributed by atoms with Gasteiger partial charge in [0.05, 0.1) is 14.2 Å². The van der Waals surface area contributed by atoms with Crippen LogP contribution in [0.4, 0.5) is 4.39 Å². The van der Waals surface area contributed by atoms with Crippen LogP contribution in [-0.2, 0) is 15.2 Å². The first-order valence-corrected chi connectivity index (χ1v) is 4.44. The smallest absolute Gasteiger partial charge is 0.348 e. The van der Waals surface area contributed by atoms with Gasteiger partial charge in [-0.2, -0.15) is 0 Å². The van der Waals surface area contributed by atoms with Gasteiger partial charge in [-0.05, 0) is 19.1 Å². The van der Waals surface area contributed by atoms with Crippen LogP contribution < -0.4 is 4.74 Å². The van der Waals surface area contributed by atoms with Crippen LogP contribution in [-0.4, -0.2) is 20.2 Å². The highest BCUT2D eigenvalue weighted by atomic mass is 19.1. The predicted octanol–water partition coefficient (Wildman–Crippen LogP) is 2.05. The Morgan fingerprint density at radius 3 is 2.20 bits per heavy atom. The molecule has 1 unspecified atom stereocenters. The van der Waals surface area contributed by atoms with Crippen LogP contribution in [0.1, 0.15) is 12.5 Å². The Bertz CT molecular complexity index is 343. The second-order valence-corrected chi connectivity index (χ2v) is 3.22. The minimum Gasteiger partial charge on any atom is -0.497 e. The molecule has 0 aliphatic carbocycles. The molecule has 0 spiro atoms. The third kappa shape index (κ3) is 2.26. The molecule has 0 amide bonds. The first-order chi connectivity index (χ1) is 7.02. The van der Waals surface area contributed by atoms with Crippen molar-refractivity contribution >= 4 is 5.97 Å². The second kappa shape index (κ2) is 4.29. The van der Waals surface area contributed by atoms with Gasteiger partial charge in [0.25, 0.3) is 0 Å². The molecule has 3 nitrogen and oxygen atoms in total. The number of carbonyl (C=O) groups is 1. The number of alkyl halides is 1. The van der Waals surface area contributed by atoms with Gasteiger partial charge in [0, 0.05) is 5.56 Å². The molecule has 15 heavy (non-hydrogen) atoms. The fourth-order valence-electron chi connectivity index (χ4n) is 1.21. The molecule has 0 radical (unpaired) electrons. The van der Waals surface area contributed by atoms with E-state index >= 15 is 0 Å². The Morgan fingerprint density at radius 1 is 1.27 bits per heavy atom. The molecular weight excluding hydrogens is 199 g/mol. The molecule has 0 fully saturated rings. The number of halogens is 1. The van der Waals surface area contributed by atoms with E-state index in [2.05, 4.69) is 4.74 Å². The molecule has 82 valence electrons. The van der Waals surface area contributed by atoms with Crippen molar-refractivity contribution in [3.05, 3.63) is 29.8 Å². The number of hydrogen-bond acceptors (Lipinski definition) is 3. The van der Waals surface area contributed by atoms with Gasteiger partial charge in [-0.1, -0.05) is 12.1 Å². The zero-order valence-corrected chi connectivity index (χ0v) is 8.91. The van der Waals surface area contributed by atoms with Crippen LogP contribution in [0.5, 0.6) is 5.75 Å². The highest BCUT2D eigenvalue weighted by Crippen LogP contribution is 2.28. The van der Waals surface area contributed by atoms with Crippen molar-refractivity contribution in [1.29, 1.82) is 0 Å². The highest BCUT2D eigenvalue weighted by Gasteiger charge is 2.36. The summed E-state index contributed by atoms with van der Waals surface area (Å²) in [7, 11) is 2.67. The van der Waals surface area contributed by atoms with Crippen molar-refractivity contribution in [3.8, 4) is 5.75 Å². The van der Waals surface area contributed by atoms with Crippen molar-refractivity contribution in [2.24, 2.45) is 0 Å². The van der Waals surface area contributed by atoms with Crippen molar-refractivity contribution in [3.63, 3.8) is 0 Å². The molecule has 0 saturated carbocycles. The maximum absolute atomic E-state index is 13.9. The molecule has 0 aromatic heterocycles. The number of benzene rings is 1. The van der Waals surface area contributed by atoms with E-state index in [9.17, 15) is 9.18 Å². The average Bonchev–Trinajstić information content (AvgIpc) is 2.28. The van der Waals surface area contributed by atoms with Crippen LogP contribution in [0.15, 0.2) is 24.3 Å². The third-order valence-electron chi connectivity index (χ3n) is 2.20. The van der Waals surface area contributed by atoms with Crippen molar-refractivity contribution in [2.45, 2.75) is 12.6 Å². The molecule has 1 rings (SSSR count). The number of esters is 1. The summed E-state index contributed by atoms with van der Waals surface area (Å²) < 4.78 is 23.2. The largest absolute Gasteiger partial charge is 0.497 e. The standard InChI is InChI=1S/C11H13FO3/c1-11(12,10(13)15-3)8-4-6-9(14-2)7-5-8/h4-7H,1-3H3. The zero-order valence-electron chi connectivity index (χ0n) is 8.91. The Morgan fingerprint density at radius 2 is 1.80 bits per heavy atom. The Hall–Kier alpha value is -1.58. The number of hydrogen-bond donors (Lipinski definition) is 0. The summed E-state index contributed by atoms with van der Waals surface area (Å²) in [4.78, 5) is 11.2. The third-order valence-corrected chi connectivity index (χ3v) is 2.20. The highest BCUT2D eigenvalue weighted by molar-refractivity contribution is 5.80. The van der Waals surface area contributed by atoms with E-state index in [1.807, 2.05) is 0 Å². The molecular formula is C11H13FO3. The van der Waals surface area contributed by atoms with Crippen LogP contribution >= 0.6 is 0 Å². The number of rotatable bonds is 3. The number of methoxy groups -OCH3 is 2. The normalized spacial score (nSPS) is 14.1. The zero-order chi connectivity index (χ0) is 11.5. The van der Waals surface area contributed by atoms with Crippen LogP contribution in [0.25, 0.3) is 0 Å². The maximum atomic E-state index is 13.9. The Balaban J connectivity index is 3.00. The predicted molar refractivity (Wildman–Crippen MR) is 53.5 cm³/mol. The lowest BCUT2D eigenvalue weighted by atomic mass is 9.98. The van der Waals surface area contributed by atoms with E-state index in [1.165, 1.54) is 26.2 Å². The van der Waals surface area contributed by atoms with Gasteiger partial charge in [-0.3, -0.25) is 0 Å². The lowest BCUT2D eigenvalue weighted by molar-refractivity contribution is -0.154. The van der Waals surface area contributed by atoms with E-state index in [0.717, 1.165) is 7.11 Å². The van der Waals surface area contributed by atoms with Crippen molar-refractivity contribution in [1.82, 2.24) is 0 Å². The fourth-order valence-corrected chi connectivity index (χ4v) is 1.21. The van der Waals surface area contributed by atoms with Crippen molar-refractivity contribution < 1.29 is 18.7 Å². The van der Waals surface area contributed by atoms with Gasteiger partial charge in [0.15, 0.2) is 0 Å².